The minimum atomic E-state index is -4.73. The molecule has 0 unspecified atom stereocenters. The Morgan fingerprint density at radius 3 is 2.48 bits per heavy atom. The summed E-state index contributed by atoms with van der Waals surface area (Å²) in [7, 11) is 0. The monoisotopic (exact) mass is 435 g/mol. The first kappa shape index (κ1) is 18.1. The summed E-state index contributed by atoms with van der Waals surface area (Å²) in [5, 5.41) is 5.50. The van der Waals surface area contributed by atoms with Crippen LogP contribution in [0.15, 0.2) is 16.6 Å². The van der Waals surface area contributed by atoms with Gasteiger partial charge in [0.15, 0.2) is 5.69 Å². The molecular formula is C11H4BrF6N3S2. The van der Waals surface area contributed by atoms with Crippen molar-refractivity contribution in [3.63, 3.8) is 0 Å². The smallest absolute Gasteiger partial charge is 0.342 e. The number of nitrogens with one attached hydrogen (secondary N) is 1. The van der Waals surface area contributed by atoms with Crippen molar-refractivity contribution in [2.45, 2.75) is 12.6 Å². The third-order valence-electron chi connectivity index (χ3n) is 2.53. The molecule has 0 spiro atoms. The van der Waals surface area contributed by atoms with E-state index in [0.29, 0.717) is 17.6 Å². The summed E-state index contributed by atoms with van der Waals surface area (Å²) in [5.74, 6) is -1.25. The van der Waals surface area contributed by atoms with Crippen LogP contribution >= 0.6 is 39.7 Å². The Morgan fingerprint density at radius 1 is 1.30 bits per heavy atom. The molecule has 0 amide bonds. The van der Waals surface area contributed by atoms with Gasteiger partial charge in [-0.3, -0.25) is 0 Å². The SMILES string of the molecule is Fc1cc(C(F)(F)F)cc(Br)c1NC(=S)c1snnc1C(F)F. The van der Waals surface area contributed by atoms with Crippen molar-refractivity contribution in [3.8, 4) is 0 Å². The van der Waals surface area contributed by atoms with E-state index in [4.69, 9.17) is 12.2 Å². The predicted molar refractivity (Wildman–Crippen MR) is 79.3 cm³/mol. The number of rotatable bonds is 3. The molecule has 0 saturated carbocycles. The van der Waals surface area contributed by atoms with Crippen molar-refractivity contribution in [3.05, 3.63) is 38.6 Å². The minimum absolute atomic E-state index is 0.193. The van der Waals surface area contributed by atoms with Crippen molar-refractivity contribution in [2.24, 2.45) is 0 Å². The second-order valence-corrected chi connectivity index (χ2v) is 6.07. The van der Waals surface area contributed by atoms with Crippen LogP contribution in [0.2, 0.25) is 0 Å². The van der Waals surface area contributed by atoms with Gasteiger partial charge in [0.25, 0.3) is 6.43 Å². The first-order valence-electron chi connectivity index (χ1n) is 5.59. The fraction of sp³-hybridized carbons (Fsp3) is 0.182. The Balaban J connectivity index is 2.33. The van der Waals surface area contributed by atoms with Gasteiger partial charge in [0, 0.05) is 4.47 Å². The highest BCUT2D eigenvalue weighted by Crippen LogP contribution is 2.36. The van der Waals surface area contributed by atoms with Gasteiger partial charge in [-0.1, -0.05) is 16.7 Å². The number of benzene rings is 1. The molecule has 2 aromatic rings. The van der Waals surface area contributed by atoms with Gasteiger partial charge in [-0.2, -0.15) is 13.2 Å². The molecule has 1 aromatic carbocycles. The lowest BCUT2D eigenvalue weighted by molar-refractivity contribution is -0.137. The molecule has 3 nitrogen and oxygen atoms in total. The van der Waals surface area contributed by atoms with E-state index >= 15 is 0 Å². The highest BCUT2D eigenvalue weighted by Gasteiger charge is 2.32. The zero-order chi connectivity index (χ0) is 17.4. The number of aromatic nitrogens is 2. The quantitative estimate of drug-likeness (QED) is 0.532. The molecular weight excluding hydrogens is 432 g/mol. The van der Waals surface area contributed by atoms with Crippen molar-refractivity contribution in [1.29, 1.82) is 0 Å². The van der Waals surface area contributed by atoms with E-state index in [-0.39, 0.29) is 20.4 Å². The molecule has 0 fully saturated rings. The van der Waals surface area contributed by atoms with Gasteiger partial charge in [0.05, 0.1) is 11.3 Å². The van der Waals surface area contributed by atoms with Crippen LogP contribution in [0.1, 0.15) is 22.6 Å². The van der Waals surface area contributed by atoms with Crippen molar-refractivity contribution >= 4 is 50.4 Å². The van der Waals surface area contributed by atoms with E-state index in [1.165, 1.54) is 0 Å². The van der Waals surface area contributed by atoms with Crippen molar-refractivity contribution in [1.82, 2.24) is 9.59 Å². The van der Waals surface area contributed by atoms with Crippen LogP contribution in [0.5, 0.6) is 0 Å². The lowest BCUT2D eigenvalue weighted by Crippen LogP contribution is -2.14. The minimum Gasteiger partial charge on any atom is -0.342 e. The molecule has 12 heteroatoms. The van der Waals surface area contributed by atoms with Crippen LogP contribution in [-0.2, 0) is 6.18 Å². The van der Waals surface area contributed by atoms with E-state index in [0.717, 1.165) is 0 Å². The highest BCUT2D eigenvalue weighted by molar-refractivity contribution is 9.10. The van der Waals surface area contributed by atoms with Crippen LogP contribution in [0.4, 0.5) is 32.0 Å². The molecule has 0 aliphatic heterocycles. The molecule has 1 aromatic heterocycles. The zero-order valence-electron chi connectivity index (χ0n) is 10.6. The van der Waals surface area contributed by atoms with Gasteiger partial charge < -0.3 is 5.32 Å². The molecule has 0 aliphatic carbocycles. The maximum Gasteiger partial charge on any atom is 0.416 e. The Hall–Kier alpha value is -1.27. The van der Waals surface area contributed by atoms with Gasteiger partial charge in [-0.15, -0.1) is 5.10 Å². The van der Waals surface area contributed by atoms with Crippen LogP contribution < -0.4 is 5.32 Å². The third kappa shape index (κ3) is 3.98. The number of nitrogens with zero attached hydrogens (tertiary/aromatic N) is 2. The maximum atomic E-state index is 13.9. The van der Waals surface area contributed by atoms with Gasteiger partial charge in [0.2, 0.25) is 0 Å². The summed E-state index contributed by atoms with van der Waals surface area (Å²) in [6.07, 6.45) is -7.67. The largest absolute Gasteiger partial charge is 0.416 e. The van der Waals surface area contributed by atoms with Gasteiger partial charge >= 0.3 is 6.18 Å². The van der Waals surface area contributed by atoms with Crippen LogP contribution in [0, 0.1) is 5.82 Å². The Morgan fingerprint density at radius 2 is 1.96 bits per heavy atom. The highest BCUT2D eigenvalue weighted by atomic mass is 79.9. The second kappa shape index (κ2) is 6.69. The molecule has 0 aliphatic rings. The van der Waals surface area contributed by atoms with E-state index < -0.39 is 35.4 Å². The van der Waals surface area contributed by atoms with Gasteiger partial charge in [-0.05, 0) is 39.6 Å². The Labute approximate surface area is 143 Å². The summed E-state index contributed by atoms with van der Waals surface area (Å²) in [4.78, 5) is -0.518. The van der Waals surface area contributed by atoms with Crippen molar-refractivity contribution < 1.29 is 26.3 Å². The lowest BCUT2D eigenvalue weighted by Gasteiger charge is -2.13. The standard InChI is InChI=1S/C11H4BrF6N3S2/c12-4-1-3(11(16,17)18)2-5(13)6(4)19-10(22)8-7(9(14)15)20-21-23-8/h1-2,9H,(H,19,22). The summed E-state index contributed by atoms with van der Waals surface area (Å²) < 4.78 is 80.1. The number of anilines is 1. The topological polar surface area (TPSA) is 37.8 Å². The fourth-order valence-electron chi connectivity index (χ4n) is 1.52. The molecule has 1 heterocycles. The molecule has 2 rings (SSSR count). The van der Waals surface area contributed by atoms with Gasteiger partial charge in [0.1, 0.15) is 15.7 Å². The summed E-state index contributed by atoms with van der Waals surface area (Å²) >= 11 is 8.22. The summed E-state index contributed by atoms with van der Waals surface area (Å²) in [6.45, 7) is 0. The average molecular weight is 436 g/mol. The third-order valence-corrected chi connectivity index (χ3v) is 4.35. The first-order valence-corrected chi connectivity index (χ1v) is 7.56. The van der Waals surface area contributed by atoms with Crippen molar-refractivity contribution in [2.75, 3.05) is 5.32 Å². The lowest BCUT2D eigenvalue weighted by atomic mass is 10.2. The number of hydrogen-bond acceptors (Lipinski definition) is 4. The predicted octanol–water partition coefficient (Wildman–Crippen LogP) is 5.18. The van der Waals surface area contributed by atoms with Crippen LogP contribution in [-0.4, -0.2) is 14.6 Å². The fourth-order valence-corrected chi connectivity index (χ4v) is 2.95. The Bertz CT molecular complexity index is 723. The van der Waals surface area contributed by atoms with E-state index in [1.54, 1.807) is 0 Å². The van der Waals surface area contributed by atoms with E-state index in [1.807, 2.05) is 0 Å². The normalized spacial score (nSPS) is 11.8. The number of halogens is 7. The second-order valence-electron chi connectivity index (χ2n) is 4.05. The molecule has 1 N–H and O–H groups in total. The van der Waals surface area contributed by atoms with Crippen LogP contribution in [0.25, 0.3) is 0 Å². The van der Waals surface area contributed by atoms with E-state index in [9.17, 15) is 26.3 Å². The molecule has 0 radical (unpaired) electrons. The summed E-state index contributed by atoms with van der Waals surface area (Å²) in [5.41, 5.74) is -2.29. The number of thiocarbonyl (C=S) groups is 1. The zero-order valence-corrected chi connectivity index (χ0v) is 13.8. The van der Waals surface area contributed by atoms with Crippen LogP contribution in [0.3, 0.4) is 0 Å². The molecule has 0 saturated heterocycles. The van der Waals surface area contributed by atoms with Gasteiger partial charge in [-0.25, -0.2) is 13.2 Å². The summed E-state index contributed by atoms with van der Waals surface area (Å²) in [6, 6.07) is 0.918. The molecule has 0 atom stereocenters. The molecule has 23 heavy (non-hydrogen) atoms. The number of alkyl halides is 5. The average Bonchev–Trinajstić information content (AvgIpc) is 2.90. The molecule has 124 valence electrons. The Kier molecular flexibility index (Phi) is 5.26. The number of hydrogen-bond donors (Lipinski definition) is 1. The molecule has 0 bridgehead atoms. The maximum absolute atomic E-state index is 13.9. The first-order chi connectivity index (χ1) is 10.6. The van der Waals surface area contributed by atoms with E-state index in [2.05, 4.69) is 30.8 Å².